The van der Waals surface area contributed by atoms with Crippen molar-refractivity contribution in [1.29, 1.82) is 0 Å². The topological polar surface area (TPSA) is 81.4 Å². The molecule has 132 valence electrons. The highest BCUT2D eigenvalue weighted by Crippen LogP contribution is 2.39. The Balaban J connectivity index is 1.78. The van der Waals surface area contributed by atoms with Crippen LogP contribution in [0.25, 0.3) is 0 Å². The number of carbonyl (C=O) groups excluding carboxylic acids is 2. The Morgan fingerprint density at radius 3 is 2.72 bits per heavy atom. The second kappa shape index (κ2) is 7.27. The third-order valence-electron chi connectivity index (χ3n) is 4.42. The van der Waals surface area contributed by atoms with E-state index < -0.39 is 12.0 Å². The number of hydrogen-bond donors (Lipinski definition) is 2. The Bertz CT molecular complexity index is 785. The van der Waals surface area contributed by atoms with Crippen LogP contribution < -0.4 is 15.8 Å². The Morgan fingerprint density at radius 2 is 2.04 bits per heavy atom. The number of para-hydroxylation sites is 1. The van der Waals surface area contributed by atoms with Gasteiger partial charge < -0.3 is 15.8 Å². The number of fused-ring (bicyclic) bond motifs is 1. The van der Waals surface area contributed by atoms with E-state index >= 15 is 0 Å². The quantitative estimate of drug-likeness (QED) is 0.860. The number of hydrogen-bond acceptors (Lipinski definition) is 4. The molecule has 0 aliphatic heterocycles. The van der Waals surface area contributed by atoms with Gasteiger partial charge in [0.05, 0.1) is 5.56 Å². The van der Waals surface area contributed by atoms with E-state index in [1.807, 2.05) is 18.2 Å². The number of nitrogens with two attached hydrogens (primary N) is 1. The maximum atomic E-state index is 12.5. The van der Waals surface area contributed by atoms with Gasteiger partial charge in [-0.1, -0.05) is 25.1 Å². The van der Waals surface area contributed by atoms with Crippen LogP contribution in [0.3, 0.4) is 0 Å². The second-order valence-electron chi connectivity index (χ2n) is 6.48. The van der Waals surface area contributed by atoms with Gasteiger partial charge in [-0.2, -0.15) is 0 Å². The van der Waals surface area contributed by atoms with E-state index in [1.54, 1.807) is 19.1 Å². The van der Waals surface area contributed by atoms with Crippen LogP contribution in [0.5, 0.6) is 5.75 Å². The molecule has 0 saturated heterocycles. The normalized spacial score (nSPS) is 17.4. The van der Waals surface area contributed by atoms with Crippen LogP contribution >= 0.6 is 11.3 Å². The molecule has 0 radical (unpaired) electrons. The van der Waals surface area contributed by atoms with E-state index in [1.165, 1.54) is 11.3 Å². The van der Waals surface area contributed by atoms with Gasteiger partial charge in [0.1, 0.15) is 10.8 Å². The average molecular weight is 358 g/mol. The molecule has 2 aromatic rings. The van der Waals surface area contributed by atoms with E-state index in [2.05, 4.69) is 12.2 Å². The van der Waals surface area contributed by atoms with E-state index in [0.717, 1.165) is 29.7 Å². The van der Waals surface area contributed by atoms with Crippen LogP contribution in [0, 0.1) is 5.92 Å². The lowest BCUT2D eigenvalue weighted by atomic mass is 9.88. The molecule has 3 N–H and O–H groups in total. The fraction of sp³-hybridized carbons (Fsp3) is 0.368. The lowest BCUT2D eigenvalue weighted by molar-refractivity contribution is -0.122. The first-order valence-corrected chi connectivity index (χ1v) is 9.24. The van der Waals surface area contributed by atoms with Crippen molar-refractivity contribution in [2.45, 2.75) is 39.2 Å². The molecule has 0 spiro atoms. The van der Waals surface area contributed by atoms with Crippen molar-refractivity contribution < 1.29 is 14.3 Å². The van der Waals surface area contributed by atoms with Crippen molar-refractivity contribution in [3.8, 4) is 5.75 Å². The molecule has 0 fully saturated rings. The van der Waals surface area contributed by atoms with E-state index in [-0.39, 0.29) is 5.91 Å². The molecular weight excluding hydrogens is 336 g/mol. The van der Waals surface area contributed by atoms with Gasteiger partial charge in [-0.15, -0.1) is 11.3 Å². The number of amides is 2. The summed E-state index contributed by atoms with van der Waals surface area (Å²) in [7, 11) is 0. The maximum Gasteiger partial charge on any atom is 0.265 e. The summed E-state index contributed by atoms with van der Waals surface area (Å²) in [5, 5.41) is 3.38. The van der Waals surface area contributed by atoms with Gasteiger partial charge in [0, 0.05) is 4.88 Å². The molecule has 3 rings (SSSR count). The predicted octanol–water partition coefficient (Wildman–Crippen LogP) is 3.38. The number of nitrogens with one attached hydrogen (secondary N) is 1. The number of ether oxygens (including phenoxy) is 1. The zero-order chi connectivity index (χ0) is 18.0. The van der Waals surface area contributed by atoms with Gasteiger partial charge in [0.25, 0.3) is 11.8 Å². The average Bonchev–Trinajstić information content (AvgIpc) is 2.92. The van der Waals surface area contributed by atoms with Crippen LogP contribution in [-0.4, -0.2) is 17.9 Å². The molecule has 1 aromatic heterocycles. The summed E-state index contributed by atoms with van der Waals surface area (Å²) in [5.41, 5.74) is 7.05. The first kappa shape index (κ1) is 17.5. The van der Waals surface area contributed by atoms with Crippen molar-refractivity contribution >= 4 is 28.2 Å². The molecule has 1 heterocycles. The third kappa shape index (κ3) is 3.85. The van der Waals surface area contributed by atoms with Crippen molar-refractivity contribution in [2.75, 3.05) is 5.32 Å². The number of thiophene rings is 1. The highest BCUT2D eigenvalue weighted by atomic mass is 32.1. The summed E-state index contributed by atoms with van der Waals surface area (Å²) >= 11 is 1.46. The van der Waals surface area contributed by atoms with Crippen LogP contribution in [0.4, 0.5) is 5.00 Å². The summed E-state index contributed by atoms with van der Waals surface area (Å²) in [5.74, 6) is 0.423. The lowest BCUT2D eigenvalue weighted by Crippen LogP contribution is -2.30. The zero-order valence-electron chi connectivity index (χ0n) is 14.4. The van der Waals surface area contributed by atoms with Gasteiger partial charge in [-0.25, -0.2) is 0 Å². The largest absolute Gasteiger partial charge is 0.481 e. The molecule has 6 heteroatoms. The predicted molar refractivity (Wildman–Crippen MR) is 99.2 cm³/mol. The van der Waals surface area contributed by atoms with Gasteiger partial charge in [0.2, 0.25) is 0 Å². The van der Waals surface area contributed by atoms with Gasteiger partial charge in [0.15, 0.2) is 6.10 Å². The first-order valence-electron chi connectivity index (χ1n) is 8.42. The summed E-state index contributed by atoms with van der Waals surface area (Å²) < 4.78 is 5.64. The summed E-state index contributed by atoms with van der Waals surface area (Å²) in [4.78, 5) is 25.6. The molecule has 2 amide bonds. The van der Waals surface area contributed by atoms with Crippen LogP contribution in [0.2, 0.25) is 0 Å². The zero-order valence-corrected chi connectivity index (χ0v) is 15.2. The summed E-state index contributed by atoms with van der Waals surface area (Å²) in [6, 6.07) is 9.17. The fourth-order valence-electron chi connectivity index (χ4n) is 3.07. The first-order chi connectivity index (χ1) is 12.0. The monoisotopic (exact) mass is 358 g/mol. The Kier molecular flexibility index (Phi) is 5.08. The molecule has 0 bridgehead atoms. The number of benzene rings is 1. The Hall–Kier alpha value is -2.34. The van der Waals surface area contributed by atoms with Gasteiger partial charge in [-0.3, -0.25) is 9.59 Å². The van der Waals surface area contributed by atoms with E-state index in [0.29, 0.717) is 22.2 Å². The number of anilines is 1. The van der Waals surface area contributed by atoms with Crippen LogP contribution in [-0.2, 0) is 17.6 Å². The molecule has 0 unspecified atom stereocenters. The number of rotatable bonds is 5. The molecule has 25 heavy (non-hydrogen) atoms. The Morgan fingerprint density at radius 1 is 1.32 bits per heavy atom. The van der Waals surface area contributed by atoms with Gasteiger partial charge in [-0.05, 0) is 49.8 Å². The minimum Gasteiger partial charge on any atom is -0.481 e. The molecule has 2 atom stereocenters. The third-order valence-corrected chi connectivity index (χ3v) is 5.59. The lowest BCUT2D eigenvalue weighted by Gasteiger charge is -2.18. The minimum atomic E-state index is -0.679. The standard InChI is InChI=1S/C19H22N2O3S/c1-11-8-9-14-15(10-11)25-19(16(14)17(20)22)21-18(23)12(2)24-13-6-4-3-5-7-13/h3-7,11-12H,8-10H2,1-2H3,(H2,20,22)(H,21,23)/t11-,12-/m0/s1. The van der Waals surface area contributed by atoms with Crippen LogP contribution in [0.1, 0.15) is 41.1 Å². The molecule has 1 aliphatic carbocycles. The van der Waals surface area contributed by atoms with Crippen molar-refractivity contribution in [1.82, 2.24) is 0 Å². The van der Waals surface area contributed by atoms with Gasteiger partial charge >= 0.3 is 0 Å². The highest BCUT2D eigenvalue weighted by molar-refractivity contribution is 7.17. The summed E-state index contributed by atoms with van der Waals surface area (Å²) in [6.07, 6.45) is 2.11. The fourth-order valence-corrected chi connectivity index (χ4v) is 4.49. The molecule has 0 saturated carbocycles. The SMILES string of the molecule is C[C@H]1CCc2c(sc(NC(=O)[C@H](C)Oc3ccccc3)c2C(N)=O)C1. The Labute approximate surface area is 151 Å². The van der Waals surface area contributed by atoms with E-state index in [9.17, 15) is 9.59 Å². The number of primary amides is 1. The second-order valence-corrected chi connectivity index (χ2v) is 7.59. The smallest absolute Gasteiger partial charge is 0.265 e. The van der Waals surface area contributed by atoms with Crippen molar-refractivity contribution in [3.63, 3.8) is 0 Å². The van der Waals surface area contributed by atoms with E-state index in [4.69, 9.17) is 10.5 Å². The molecule has 1 aromatic carbocycles. The summed E-state index contributed by atoms with van der Waals surface area (Å²) in [6.45, 7) is 3.88. The maximum absolute atomic E-state index is 12.5. The number of carbonyl (C=O) groups is 2. The minimum absolute atomic E-state index is 0.294. The molecule has 1 aliphatic rings. The van der Waals surface area contributed by atoms with Crippen molar-refractivity contribution in [2.24, 2.45) is 11.7 Å². The van der Waals surface area contributed by atoms with Crippen molar-refractivity contribution in [3.05, 3.63) is 46.3 Å². The molecule has 5 nitrogen and oxygen atoms in total. The highest BCUT2D eigenvalue weighted by Gasteiger charge is 2.28. The molecular formula is C19H22N2O3S. The van der Waals surface area contributed by atoms with Crippen LogP contribution in [0.15, 0.2) is 30.3 Å².